The van der Waals surface area contributed by atoms with Crippen LogP contribution in [0.5, 0.6) is 0 Å². The summed E-state index contributed by atoms with van der Waals surface area (Å²) in [7, 11) is 0. The largest absolute Gasteiger partial charge is 0.301 e. The average molecular weight is 314 g/mol. The maximum absolute atomic E-state index is 4.45. The van der Waals surface area contributed by atoms with E-state index in [1.807, 2.05) is 41.0 Å². The molecule has 2 nitrogen and oxygen atoms in total. The first-order valence-electron chi connectivity index (χ1n) is 7.05. The Labute approximate surface area is 133 Å². The second-order valence-electron chi connectivity index (χ2n) is 4.99. The molecule has 0 fully saturated rings. The molecule has 0 amide bonds. The first-order valence-corrected chi connectivity index (χ1v) is 8.81. The lowest BCUT2D eigenvalue weighted by atomic mass is 10.1. The maximum atomic E-state index is 4.45. The number of nitrogens with zero attached hydrogens (tertiary/aromatic N) is 1. The number of thiophene rings is 2. The van der Waals surface area contributed by atoms with E-state index in [4.69, 9.17) is 0 Å². The molecule has 0 saturated heterocycles. The standard InChI is InChI=1S/C17H18N2S2/c1-13(15-7-2-3-9-18-15)19-16(17-8-5-11-21-17)12-14-6-4-10-20-14/h2-11,13,16,19H,12H2,1H3/t13-,16?/m1/s1. The second kappa shape index (κ2) is 6.98. The number of nitrogens with one attached hydrogen (secondary N) is 1. The molecule has 3 rings (SSSR count). The number of hydrogen-bond donors (Lipinski definition) is 1. The summed E-state index contributed by atoms with van der Waals surface area (Å²) in [5.41, 5.74) is 1.09. The van der Waals surface area contributed by atoms with Gasteiger partial charge >= 0.3 is 0 Å². The third-order valence-electron chi connectivity index (χ3n) is 3.45. The molecule has 108 valence electrons. The number of aromatic nitrogens is 1. The van der Waals surface area contributed by atoms with E-state index in [2.05, 4.69) is 58.3 Å². The summed E-state index contributed by atoms with van der Waals surface area (Å²) in [6.45, 7) is 2.18. The molecule has 3 aromatic rings. The van der Waals surface area contributed by atoms with E-state index in [0.29, 0.717) is 6.04 Å². The van der Waals surface area contributed by atoms with Crippen LogP contribution < -0.4 is 5.32 Å². The van der Waals surface area contributed by atoms with Crippen LogP contribution in [0.3, 0.4) is 0 Å². The van der Waals surface area contributed by atoms with Crippen molar-refractivity contribution in [1.82, 2.24) is 10.3 Å². The Balaban J connectivity index is 1.76. The fraction of sp³-hybridized carbons (Fsp3) is 0.235. The van der Waals surface area contributed by atoms with Gasteiger partial charge < -0.3 is 5.32 Å². The summed E-state index contributed by atoms with van der Waals surface area (Å²) in [5.74, 6) is 0. The quantitative estimate of drug-likeness (QED) is 0.704. The van der Waals surface area contributed by atoms with E-state index in [9.17, 15) is 0 Å². The fourth-order valence-corrected chi connectivity index (χ4v) is 3.92. The number of hydrogen-bond acceptors (Lipinski definition) is 4. The molecule has 0 bridgehead atoms. The number of pyridine rings is 1. The fourth-order valence-electron chi connectivity index (χ4n) is 2.38. The third kappa shape index (κ3) is 3.79. The van der Waals surface area contributed by atoms with Crippen molar-refractivity contribution in [1.29, 1.82) is 0 Å². The highest BCUT2D eigenvalue weighted by atomic mass is 32.1. The van der Waals surface area contributed by atoms with Gasteiger partial charge in [0.25, 0.3) is 0 Å². The van der Waals surface area contributed by atoms with E-state index in [-0.39, 0.29) is 6.04 Å². The predicted molar refractivity (Wildman–Crippen MR) is 90.9 cm³/mol. The minimum atomic E-state index is 0.235. The molecule has 4 heteroatoms. The Bertz CT molecular complexity index is 633. The topological polar surface area (TPSA) is 24.9 Å². The molecule has 0 aliphatic rings. The summed E-state index contributed by atoms with van der Waals surface area (Å²) >= 11 is 3.63. The van der Waals surface area contributed by atoms with Crippen molar-refractivity contribution in [2.45, 2.75) is 25.4 Å². The third-order valence-corrected chi connectivity index (χ3v) is 5.34. The van der Waals surface area contributed by atoms with Crippen LogP contribution in [0.1, 0.15) is 34.5 Å². The van der Waals surface area contributed by atoms with Gasteiger partial charge in [-0.3, -0.25) is 4.98 Å². The average Bonchev–Trinajstić information content (AvgIpc) is 3.21. The summed E-state index contributed by atoms with van der Waals surface area (Å²) in [4.78, 5) is 7.25. The molecule has 0 radical (unpaired) electrons. The van der Waals surface area contributed by atoms with E-state index in [1.165, 1.54) is 9.75 Å². The van der Waals surface area contributed by atoms with Crippen LogP contribution in [0, 0.1) is 0 Å². The van der Waals surface area contributed by atoms with Crippen LogP contribution in [0.4, 0.5) is 0 Å². The zero-order valence-corrected chi connectivity index (χ0v) is 13.5. The summed E-state index contributed by atoms with van der Waals surface area (Å²) in [5, 5.41) is 8.01. The van der Waals surface area contributed by atoms with E-state index in [1.54, 1.807) is 0 Å². The van der Waals surface area contributed by atoms with Gasteiger partial charge in [-0.2, -0.15) is 0 Å². The highest BCUT2D eigenvalue weighted by Crippen LogP contribution is 2.27. The van der Waals surface area contributed by atoms with Gasteiger partial charge in [-0.15, -0.1) is 22.7 Å². The normalized spacial score (nSPS) is 14.0. The van der Waals surface area contributed by atoms with Gasteiger partial charge in [0.1, 0.15) is 0 Å². The lowest BCUT2D eigenvalue weighted by molar-refractivity contribution is 0.465. The SMILES string of the molecule is C[C@@H](NC(Cc1cccs1)c1cccs1)c1ccccn1. The van der Waals surface area contributed by atoms with Crippen molar-refractivity contribution in [2.75, 3.05) is 0 Å². The monoisotopic (exact) mass is 314 g/mol. The van der Waals surface area contributed by atoms with Gasteiger partial charge in [0.2, 0.25) is 0 Å². The molecule has 1 N–H and O–H groups in total. The Morgan fingerprint density at radius 3 is 2.57 bits per heavy atom. The molecule has 0 aliphatic heterocycles. The molecule has 0 saturated carbocycles. The number of rotatable bonds is 6. The maximum Gasteiger partial charge on any atom is 0.0570 e. The summed E-state index contributed by atoms with van der Waals surface area (Å²) < 4.78 is 0. The van der Waals surface area contributed by atoms with Crippen molar-refractivity contribution in [3.05, 3.63) is 74.9 Å². The van der Waals surface area contributed by atoms with Gasteiger partial charge in [-0.25, -0.2) is 0 Å². The van der Waals surface area contributed by atoms with Gasteiger partial charge in [0.15, 0.2) is 0 Å². The molecular formula is C17H18N2S2. The van der Waals surface area contributed by atoms with Crippen LogP contribution in [0.2, 0.25) is 0 Å². The van der Waals surface area contributed by atoms with Crippen molar-refractivity contribution in [2.24, 2.45) is 0 Å². The molecule has 21 heavy (non-hydrogen) atoms. The van der Waals surface area contributed by atoms with Crippen LogP contribution in [0.25, 0.3) is 0 Å². The van der Waals surface area contributed by atoms with E-state index < -0.39 is 0 Å². The molecule has 1 unspecified atom stereocenters. The van der Waals surface area contributed by atoms with Gasteiger partial charge in [-0.05, 0) is 41.9 Å². The minimum Gasteiger partial charge on any atom is -0.301 e. The molecule has 0 aromatic carbocycles. The molecule has 2 atom stereocenters. The minimum absolute atomic E-state index is 0.235. The highest BCUT2D eigenvalue weighted by Gasteiger charge is 2.17. The smallest absolute Gasteiger partial charge is 0.0570 e. The zero-order valence-electron chi connectivity index (χ0n) is 11.9. The molecule has 0 aliphatic carbocycles. The zero-order chi connectivity index (χ0) is 14.5. The van der Waals surface area contributed by atoms with Crippen molar-refractivity contribution in [3.63, 3.8) is 0 Å². The summed E-state index contributed by atoms with van der Waals surface area (Å²) in [6.07, 6.45) is 2.88. The lowest BCUT2D eigenvalue weighted by Gasteiger charge is -2.22. The van der Waals surface area contributed by atoms with E-state index >= 15 is 0 Å². The van der Waals surface area contributed by atoms with Gasteiger partial charge in [0.05, 0.1) is 5.69 Å². The Kier molecular flexibility index (Phi) is 4.80. The Morgan fingerprint density at radius 1 is 1.05 bits per heavy atom. The Hall–Kier alpha value is -1.49. The van der Waals surface area contributed by atoms with Crippen molar-refractivity contribution < 1.29 is 0 Å². The highest BCUT2D eigenvalue weighted by molar-refractivity contribution is 7.10. The molecular weight excluding hydrogens is 296 g/mol. The molecule has 3 heterocycles. The first kappa shape index (κ1) is 14.4. The second-order valence-corrected chi connectivity index (χ2v) is 7.01. The van der Waals surface area contributed by atoms with Crippen molar-refractivity contribution in [3.8, 4) is 0 Å². The van der Waals surface area contributed by atoms with E-state index in [0.717, 1.165) is 12.1 Å². The summed E-state index contributed by atoms with van der Waals surface area (Å²) in [6, 6.07) is 15.3. The van der Waals surface area contributed by atoms with Gasteiger partial charge in [0, 0.05) is 34.5 Å². The Morgan fingerprint density at radius 2 is 1.90 bits per heavy atom. The molecule has 3 aromatic heterocycles. The van der Waals surface area contributed by atoms with Crippen LogP contribution in [0.15, 0.2) is 59.4 Å². The molecule has 0 spiro atoms. The van der Waals surface area contributed by atoms with Crippen molar-refractivity contribution >= 4 is 22.7 Å². The lowest BCUT2D eigenvalue weighted by Crippen LogP contribution is -2.26. The van der Waals surface area contributed by atoms with Crippen LogP contribution >= 0.6 is 22.7 Å². The predicted octanol–water partition coefficient (Wildman–Crippen LogP) is 4.84. The van der Waals surface area contributed by atoms with Gasteiger partial charge in [-0.1, -0.05) is 18.2 Å². The first-order chi connectivity index (χ1) is 10.3. The van der Waals surface area contributed by atoms with Crippen LogP contribution in [-0.4, -0.2) is 4.98 Å². The van der Waals surface area contributed by atoms with Crippen LogP contribution in [-0.2, 0) is 6.42 Å².